The Morgan fingerprint density at radius 1 is 1.59 bits per heavy atom. The first-order chi connectivity index (χ1) is 8.25. The van der Waals surface area contributed by atoms with Crippen LogP contribution in [0.5, 0.6) is 0 Å². The summed E-state index contributed by atoms with van der Waals surface area (Å²) >= 11 is 0. The molecule has 6 heteroatoms. The van der Waals surface area contributed by atoms with E-state index in [1.165, 1.54) is 0 Å². The van der Waals surface area contributed by atoms with Crippen molar-refractivity contribution < 1.29 is 9.90 Å². The van der Waals surface area contributed by atoms with Crippen LogP contribution in [0.4, 0.5) is 0 Å². The Morgan fingerprint density at radius 2 is 2.47 bits per heavy atom. The number of aliphatic hydroxyl groups is 1. The third-order valence-corrected chi connectivity index (χ3v) is 3.62. The predicted octanol–water partition coefficient (Wildman–Crippen LogP) is -0.767. The van der Waals surface area contributed by atoms with Gasteiger partial charge in [-0.05, 0) is 12.8 Å². The molecule has 0 bridgehead atoms. The molecule has 0 aliphatic carbocycles. The molecule has 2 aliphatic heterocycles. The molecule has 3 N–H and O–H groups in total. The van der Waals surface area contributed by atoms with E-state index in [2.05, 4.69) is 15.3 Å². The second-order valence-corrected chi connectivity index (χ2v) is 4.71. The molecule has 1 amide bonds. The van der Waals surface area contributed by atoms with Gasteiger partial charge in [-0.2, -0.15) is 0 Å². The fraction of sp³-hybridized carbons (Fsp3) is 0.636. The zero-order valence-electron chi connectivity index (χ0n) is 9.47. The molecule has 1 aromatic heterocycles. The zero-order chi connectivity index (χ0) is 11.8. The molecule has 1 aromatic rings. The second-order valence-electron chi connectivity index (χ2n) is 4.71. The number of nitrogens with zero attached hydrogens (tertiary/aromatic N) is 2. The van der Waals surface area contributed by atoms with Crippen molar-refractivity contribution in [1.29, 1.82) is 0 Å². The lowest BCUT2D eigenvalue weighted by Gasteiger charge is -2.39. The van der Waals surface area contributed by atoms with Crippen LogP contribution in [-0.4, -0.2) is 50.7 Å². The minimum absolute atomic E-state index is 0.0392. The highest BCUT2D eigenvalue weighted by atomic mass is 16.3. The number of rotatable bonds is 2. The fourth-order valence-corrected chi connectivity index (χ4v) is 2.76. The van der Waals surface area contributed by atoms with Crippen molar-refractivity contribution in [3.8, 4) is 0 Å². The Hall–Kier alpha value is -1.40. The average molecular weight is 236 g/mol. The summed E-state index contributed by atoms with van der Waals surface area (Å²) in [6.07, 6.45) is 5.13. The number of aromatic amines is 1. The molecule has 92 valence electrons. The van der Waals surface area contributed by atoms with E-state index < -0.39 is 6.23 Å². The van der Waals surface area contributed by atoms with Crippen molar-refractivity contribution in [2.45, 2.75) is 37.6 Å². The highest BCUT2D eigenvalue weighted by Crippen LogP contribution is 2.25. The Kier molecular flexibility index (Phi) is 2.60. The first kappa shape index (κ1) is 10.7. The number of carbonyl (C=O) groups is 1. The van der Waals surface area contributed by atoms with E-state index in [1.54, 1.807) is 12.5 Å². The summed E-state index contributed by atoms with van der Waals surface area (Å²) in [6.45, 7) is 0.804. The quantitative estimate of drug-likeness (QED) is 0.630. The number of amides is 1. The van der Waals surface area contributed by atoms with Crippen LogP contribution in [-0.2, 0) is 11.2 Å². The normalized spacial score (nSPS) is 33.5. The van der Waals surface area contributed by atoms with Crippen molar-refractivity contribution in [2.75, 3.05) is 6.54 Å². The number of aliphatic hydroxyl groups excluding tert-OH is 1. The van der Waals surface area contributed by atoms with Gasteiger partial charge in [0, 0.05) is 24.9 Å². The Bertz CT molecular complexity index is 406. The lowest BCUT2D eigenvalue weighted by molar-refractivity contribution is -0.141. The summed E-state index contributed by atoms with van der Waals surface area (Å²) in [6, 6.07) is -0.389. The number of hydrogen-bond acceptors (Lipinski definition) is 4. The van der Waals surface area contributed by atoms with Crippen LogP contribution in [0, 0.1) is 0 Å². The van der Waals surface area contributed by atoms with Crippen LogP contribution in [0.15, 0.2) is 12.5 Å². The van der Waals surface area contributed by atoms with Crippen LogP contribution in [0.1, 0.15) is 18.5 Å². The van der Waals surface area contributed by atoms with E-state index in [1.807, 2.05) is 4.90 Å². The van der Waals surface area contributed by atoms with Gasteiger partial charge in [-0.3, -0.25) is 9.69 Å². The van der Waals surface area contributed by atoms with Gasteiger partial charge in [0.15, 0.2) is 0 Å². The van der Waals surface area contributed by atoms with E-state index >= 15 is 0 Å². The van der Waals surface area contributed by atoms with Gasteiger partial charge >= 0.3 is 0 Å². The van der Waals surface area contributed by atoms with E-state index in [-0.39, 0.29) is 18.0 Å². The smallest absolute Gasteiger partial charge is 0.237 e. The SMILES string of the molecule is O=C1N[C@@H](Cc2cnc[nH]2)C(O)N2CCC[C@@H]12. The second kappa shape index (κ2) is 4.12. The van der Waals surface area contributed by atoms with Crippen LogP contribution in [0.3, 0.4) is 0 Å². The molecule has 3 rings (SSSR count). The van der Waals surface area contributed by atoms with Crippen molar-refractivity contribution in [3.05, 3.63) is 18.2 Å². The van der Waals surface area contributed by atoms with Crippen LogP contribution in [0.2, 0.25) is 0 Å². The maximum absolute atomic E-state index is 11.9. The highest BCUT2D eigenvalue weighted by Gasteiger charge is 2.43. The first-order valence-electron chi connectivity index (χ1n) is 5.97. The maximum Gasteiger partial charge on any atom is 0.237 e. The number of piperazine rings is 1. The molecule has 6 nitrogen and oxygen atoms in total. The molecule has 0 radical (unpaired) electrons. The van der Waals surface area contributed by atoms with Gasteiger partial charge in [0.25, 0.3) is 0 Å². The van der Waals surface area contributed by atoms with E-state index in [9.17, 15) is 9.90 Å². The number of nitrogens with one attached hydrogen (secondary N) is 2. The summed E-state index contributed by atoms with van der Waals surface area (Å²) < 4.78 is 0. The standard InChI is InChI=1S/C11H16N4O2/c16-10-9-2-1-3-15(9)11(17)8(14-10)4-7-5-12-6-13-7/h5-6,8-9,11,17H,1-4H2,(H,12,13)(H,14,16)/t8-,9-,11?/m0/s1. The average Bonchev–Trinajstić information content (AvgIpc) is 2.96. The van der Waals surface area contributed by atoms with Gasteiger partial charge in [-0.15, -0.1) is 0 Å². The van der Waals surface area contributed by atoms with Crippen molar-refractivity contribution >= 4 is 5.91 Å². The molecule has 3 heterocycles. The molecule has 0 spiro atoms. The van der Waals surface area contributed by atoms with Gasteiger partial charge in [-0.25, -0.2) is 4.98 Å². The summed E-state index contributed by atoms with van der Waals surface area (Å²) in [7, 11) is 0. The largest absolute Gasteiger partial charge is 0.376 e. The minimum Gasteiger partial charge on any atom is -0.376 e. The van der Waals surface area contributed by atoms with Crippen LogP contribution in [0.25, 0.3) is 0 Å². The summed E-state index contributed by atoms with van der Waals surface area (Å²) in [5, 5.41) is 13.1. The van der Waals surface area contributed by atoms with Crippen molar-refractivity contribution in [2.24, 2.45) is 0 Å². The molecular formula is C11H16N4O2. The predicted molar refractivity (Wildman–Crippen MR) is 60.0 cm³/mol. The Balaban J connectivity index is 1.75. The molecule has 2 aliphatic rings. The van der Waals surface area contributed by atoms with Crippen molar-refractivity contribution in [1.82, 2.24) is 20.2 Å². The van der Waals surface area contributed by atoms with Crippen LogP contribution >= 0.6 is 0 Å². The van der Waals surface area contributed by atoms with E-state index in [0.29, 0.717) is 6.42 Å². The third kappa shape index (κ3) is 1.83. The lowest BCUT2D eigenvalue weighted by Crippen LogP contribution is -2.64. The summed E-state index contributed by atoms with van der Waals surface area (Å²) in [5.41, 5.74) is 0.923. The van der Waals surface area contributed by atoms with E-state index in [4.69, 9.17) is 0 Å². The molecule has 2 fully saturated rings. The van der Waals surface area contributed by atoms with Crippen LogP contribution < -0.4 is 5.32 Å². The summed E-state index contributed by atoms with van der Waals surface area (Å²) in [4.78, 5) is 20.7. The lowest BCUT2D eigenvalue weighted by atomic mass is 10.0. The van der Waals surface area contributed by atoms with Gasteiger partial charge in [0.1, 0.15) is 6.23 Å². The molecular weight excluding hydrogens is 220 g/mol. The topological polar surface area (TPSA) is 81.2 Å². The molecule has 3 atom stereocenters. The molecule has 2 saturated heterocycles. The van der Waals surface area contributed by atoms with Gasteiger partial charge < -0.3 is 15.4 Å². The monoisotopic (exact) mass is 236 g/mol. The summed E-state index contributed by atoms with van der Waals surface area (Å²) in [5.74, 6) is 0.0392. The Labute approximate surface area is 99.0 Å². The van der Waals surface area contributed by atoms with Crippen molar-refractivity contribution in [3.63, 3.8) is 0 Å². The first-order valence-corrected chi connectivity index (χ1v) is 5.97. The number of fused-ring (bicyclic) bond motifs is 1. The third-order valence-electron chi connectivity index (χ3n) is 3.62. The zero-order valence-corrected chi connectivity index (χ0v) is 9.47. The molecule has 17 heavy (non-hydrogen) atoms. The van der Waals surface area contributed by atoms with Gasteiger partial charge in [0.05, 0.1) is 18.4 Å². The number of carbonyl (C=O) groups excluding carboxylic acids is 1. The van der Waals surface area contributed by atoms with E-state index in [0.717, 1.165) is 25.1 Å². The number of H-pyrrole nitrogens is 1. The van der Waals surface area contributed by atoms with Gasteiger partial charge in [0.2, 0.25) is 5.91 Å². The molecule has 0 saturated carbocycles. The highest BCUT2D eigenvalue weighted by molar-refractivity contribution is 5.83. The molecule has 0 aromatic carbocycles. The number of imidazole rings is 1. The maximum atomic E-state index is 11.9. The Morgan fingerprint density at radius 3 is 3.24 bits per heavy atom. The molecule has 1 unspecified atom stereocenters. The minimum atomic E-state index is -0.594. The number of hydrogen-bond donors (Lipinski definition) is 3. The fourth-order valence-electron chi connectivity index (χ4n) is 2.76. The number of aromatic nitrogens is 2. The van der Waals surface area contributed by atoms with Gasteiger partial charge in [-0.1, -0.05) is 0 Å².